The lowest BCUT2D eigenvalue weighted by Gasteiger charge is -2.74. The van der Waals surface area contributed by atoms with Crippen LogP contribution >= 0.6 is 0 Å². The number of carboxylic acid groups (broad SMARTS) is 1. The minimum absolute atomic E-state index is 0.00983. The van der Waals surface area contributed by atoms with Gasteiger partial charge < -0.3 is 71.5 Å². The van der Waals surface area contributed by atoms with Gasteiger partial charge in [-0.25, -0.2) is 4.98 Å². The monoisotopic (exact) mass is 945 g/mol. The normalized spacial score (nSPS) is 49.4. The van der Waals surface area contributed by atoms with Crippen LogP contribution in [0, 0.1) is 73.9 Å². The minimum atomic E-state index is -1.67. The second kappa shape index (κ2) is 18.2. The van der Waals surface area contributed by atoms with E-state index in [1.165, 1.54) is 0 Å². The summed E-state index contributed by atoms with van der Waals surface area (Å²) in [6.45, 7) is 11.8. The molecule has 5 aliphatic carbocycles. The summed E-state index contributed by atoms with van der Waals surface area (Å²) < 4.78 is 12.4. The number of fused-ring (bicyclic) bond motifs is 7. The van der Waals surface area contributed by atoms with E-state index in [-0.39, 0.29) is 55.6 Å². The second-order valence-corrected chi connectivity index (χ2v) is 23.6. The topological polar surface area (TPSA) is 301 Å². The zero-order valence-electron chi connectivity index (χ0n) is 40.3. The van der Waals surface area contributed by atoms with Gasteiger partial charge in [0, 0.05) is 35.9 Å². The van der Waals surface area contributed by atoms with Crippen LogP contribution in [0.5, 0.6) is 0 Å². The maximum absolute atomic E-state index is 14.1. The summed E-state index contributed by atoms with van der Waals surface area (Å²) in [6.07, 6.45) is 1.36. The zero-order valence-corrected chi connectivity index (χ0v) is 40.3. The maximum Gasteiger partial charge on any atom is 0.310 e. The van der Waals surface area contributed by atoms with Crippen molar-refractivity contribution in [1.29, 1.82) is 0 Å². The number of carboxylic acids is 1. The first-order chi connectivity index (χ1) is 31.6. The van der Waals surface area contributed by atoms with Gasteiger partial charge >= 0.3 is 5.97 Å². The van der Waals surface area contributed by atoms with Crippen molar-refractivity contribution in [1.82, 2.24) is 15.3 Å². The van der Waals surface area contributed by atoms with E-state index in [1.54, 1.807) is 12.5 Å². The Bertz CT molecular complexity index is 1990. The number of nitrogens with two attached hydrogens (primary N) is 1. The van der Waals surface area contributed by atoms with Gasteiger partial charge in [-0.1, -0.05) is 59.6 Å². The third-order valence-corrected chi connectivity index (χ3v) is 20.7. The Morgan fingerprint density at radius 3 is 2.33 bits per heavy atom. The van der Waals surface area contributed by atoms with E-state index in [0.717, 1.165) is 12.0 Å². The van der Waals surface area contributed by atoms with Gasteiger partial charge in [0.05, 0.1) is 49.7 Å². The lowest BCUT2D eigenvalue weighted by molar-refractivity contribution is -0.341. The van der Waals surface area contributed by atoms with Crippen molar-refractivity contribution in [3.63, 3.8) is 0 Å². The number of aromatic amines is 1. The fourth-order valence-corrected chi connectivity index (χ4v) is 16.8. The molecular weight excluding hydrogens is 865 g/mol. The number of carbonyl (C=O) groups excluding carboxylic acids is 1. The SMILES string of the molecule is CC[C@H]1C[C@@]2(C(=O)O)CC[C@](C)(CO)C[C@H]2C2=CC[C@@H]3[C@]4(C)[C@H](CC[C@@]3(C)[C@@]21C)[C@](C)(CO)[C@H](O[C@@H]1OC[C@@H](O)[C@H](O)[C@H]1O)[C@H](O)[C@@H]4C[C@@H]1[C@@H]([C@H](CC[C@@H](N)O)c2cnc[nH]2)NC(=O)[C@@H]1CO. The van der Waals surface area contributed by atoms with Crippen molar-refractivity contribution < 1.29 is 65.0 Å². The standard InChI is InChI=1S/C50H80N4O13/c1-7-25-17-50(44(64)65)15-14-45(2,22-56)18-31(50)29-9-10-35-47(4,49(25,29)6)13-12-34-46(3,23-57)41(67-43-40(62)39(61)33(58)21-66-43)38(60)30(48(34,35)5)16-27-28(20-55)42(63)54-37(27)26(8-11-36(51)59)32-19-52-24-53-32/h9,19,24-28,30-31,33-41,43,55-62H,7-8,10-18,20-23,51H2,1-6H3,(H,52,53)(H,54,63)(H,64,65)/t25-,26+,27-,28+,30-,31-,33+,34+,35-,36-,37+,38+,39-,40+,41+,43-,45-,46-,47+,48-,49+,50-/m0/s1. The molecule has 7 aliphatic rings. The van der Waals surface area contributed by atoms with Gasteiger partial charge in [0.1, 0.15) is 24.5 Å². The van der Waals surface area contributed by atoms with Gasteiger partial charge in [0.15, 0.2) is 6.29 Å². The van der Waals surface area contributed by atoms with Crippen LogP contribution in [0.4, 0.5) is 0 Å². The highest BCUT2D eigenvalue weighted by Crippen LogP contribution is 2.78. The van der Waals surface area contributed by atoms with Crippen LogP contribution in [0.25, 0.3) is 0 Å². The Morgan fingerprint density at radius 2 is 1.72 bits per heavy atom. The number of amides is 1. The number of aromatic nitrogens is 2. The molecule has 17 nitrogen and oxygen atoms in total. The lowest BCUT2D eigenvalue weighted by Crippen LogP contribution is -2.73. The predicted molar refractivity (Wildman–Crippen MR) is 243 cm³/mol. The summed E-state index contributed by atoms with van der Waals surface area (Å²) in [5.74, 6) is -4.44. The fourth-order valence-electron chi connectivity index (χ4n) is 16.8. The number of H-pyrrole nitrogens is 1. The quantitative estimate of drug-likeness (QED) is 0.0723. The summed E-state index contributed by atoms with van der Waals surface area (Å²) >= 11 is 0. The van der Waals surface area contributed by atoms with Crippen molar-refractivity contribution in [2.24, 2.45) is 79.6 Å². The molecule has 4 saturated carbocycles. The van der Waals surface area contributed by atoms with Gasteiger partial charge in [0.25, 0.3) is 0 Å². The molecule has 0 aromatic carbocycles. The number of hydrogen-bond acceptors (Lipinski definition) is 14. The number of nitrogens with one attached hydrogen (secondary N) is 2. The van der Waals surface area contributed by atoms with E-state index >= 15 is 0 Å². The van der Waals surface area contributed by atoms with Crippen molar-refractivity contribution in [2.45, 2.75) is 167 Å². The van der Waals surface area contributed by atoms with Gasteiger partial charge in [-0.3, -0.25) is 9.59 Å². The molecule has 378 valence electrons. The lowest BCUT2D eigenvalue weighted by atomic mass is 9.30. The molecule has 0 radical (unpaired) electrons. The highest BCUT2D eigenvalue weighted by molar-refractivity contribution is 5.82. The number of imidazole rings is 1. The molecule has 1 amide bonds. The Kier molecular flexibility index (Phi) is 13.8. The molecular formula is C50H80N4O13. The number of rotatable bonds is 14. The fraction of sp³-hybridized carbons (Fsp3) is 0.860. The Morgan fingerprint density at radius 1 is 0.985 bits per heavy atom. The Hall–Kier alpha value is -2.55. The molecule has 13 N–H and O–H groups in total. The van der Waals surface area contributed by atoms with E-state index in [4.69, 9.17) is 15.2 Å². The van der Waals surface area contributed by atoms with Crippen LogP contribution in [0.15, 0.2) is 24.2 Å². The van der Waals surface area contributed by atoms with Crippen LogP contribution in [0.3, 0.4) is 0 Å². The predicted octanol–water partition coefficient (Wildman–Crippen LogP) is 2.15. The first-order valence-electron chi connectivity index (χ1n) is 25.0. The van der Waals surface area contributed by atoms with Crippen molar-refractivity contribution in [3.8, 4) is 0 Å². The number of ether oxygens (including phenoxy) is 2. The molecule has 8 rings (SSSR count). The number of aliphatic carboxylic acids is 1. The third kappa shape index (κ3) is 7.61. The largest absolute Gasteiger partial charge is 0.481 e. The average molecular weight is 945 g/mol. The number of nitrogens with zero attached hydrogens (tertiary/aromatic N) is 1. The molecule has 6 fully saturated rings. The van der Waals surface area contributed by atoms with Gasteiger partial charge in [-0.2, -0.15) is 0 Å². The van der Waals surface area contributed by atoms with E-state index in [0.29, 0.717) is 57.1 Å². The van der Waals surface area contributed by atoms with Crippen LogP contribution in [0.1, 0.15) is 124 Å². The third-order valence-electron chi connectivity index (χ3n) is 20.7. The smallest absolute Gasteiger partial charge is 0.310 e. The summed E-state index contributed by atoms with van der Waals surface area (Å²) in [5.41, 5.74) is 3.42. The van der Waals surface area contributed by atoms with Crippen LogP contribution in [0.2, 0.25) is 0 Å². The molecule has 17 heteroatoms. The van der Waals surface area contributed by atoms with E-state index in [2.05, 4.69) is 56.0 Å². The Balaban J connectivity index is 1.29. The van der Waals surface area contributed by atoms with Crippen molar-refractivity contribution >= 4 is 11.9 Å². The van der Waals surface area contributed by atoms with Gasteiger partial charge in [-0.05, 0) is 121 Å². The van der Waals surface area contributed by atoms with E-state index in [9.17, 15) is 55.5 Å². The minimum Gasteiger partial charge on any atom is -0.481 e. The summed E-state index contributed by atoms with van der Waals surface area (Å²) in [5, 5.41) is 104. The van der Waals surface area contributed by atoms with Crippen molar-refractivity contribution in [3.05, 3.63) is 29.9 Å². The highest BCUT2D eigenvalue weighted by atomic mass is 16.7. The number of hydrogen-bond donors (Lipinski definition) is 12. The molecule has 0 bridgehead atoms. The number of aliphatic hydroxyl groups is 8. The van der Waals surface area contributed by atoms with Crippen LogP contribution in [-0.4, -0.2) is 143 Å². The molecule has 67 heavy (non-hydrogen) atoms. The first kappa shape index (κ1) is 50.8. The number of allylic oxidation sites excluding steroid dienone is 2. The molecule has 0 unspecified atom stereocenters. The first-order valence-corrected chi connectivity index (χ1v) is 25.0. The molecule has 1 aromatic heterocycles. The van der Waals surface area contributed by atoms with Gasteiger partial charge in [-0.15, -0.1) is 0 Å². The number of carbonyl (C=O) groups is 2. The summed E-state index contributed by atoms with van der Waals surface area (Å²) in [7, 11) is 0. The molecule has 1 aromatic rings. The molecule has 2 saturated heterocycles. The van der Waals surface area contributed by atoms with Gasteiger partial charge in [0.2, 0.25) is 5.91 Å². The molecule has 2 aliphatic heterocycles. The van der Waals surface area contributed by atoms with E-state index < -0.39 is 124 Å². The highest BCUT2D eigenvalue weighted by Gasteiger charge is 2.75. The number of aliphatic hydroxyl groups excluding tert-OH is 8. The van der Waals surface area contributed by atoms with Crippen LogP contribution < -0.4 is 11.1 Å². The molecule has 3 heterocycles. The van der Waals surface area contributed by atoms with E-state index in [1.807, 2.05) is 6.92 Å². The summed E-state index contributed by atoms with van der Waals surface area (Å²) in [4.78, 5) is 35.2. The van der Waals surface area contributed by atoms with Crippen molar-refractivity contribution in [2.75, 3.05) is 26.4 Å². The molecule has 22 atom stereocenters. The Labute approximate surface area is 394 Å². The summed E-state index contributed by atoms with van der Waals surface area (Å²) in [6, 6.07) is -0.590. The maximum atomic E-state index is 14.1. The van der Waals surface area contributed by atoms with Crippen LogP contribution in [-0.2, 0) is 19.1 Å². The second-order valence-electron chi connectivity index (χ2n) is 23.6. The molecule has 0 spiro atoms. The average Bonchev–Trinajstić information content (AvgIpc) is 3.94. The zero-order chi connectivity index (χ0) is 48.8.